The van der Waals surface area contributed by atoms with Gasteiger partial charge in [0.1, 0.15) is 23.7 Å². The number of para-hydroxylation sites is 1. The van der Waals surface area contributed by atoms with Gasteiger partial charge in [0.2, 0.25) is 0 Å². The van der Waals surface area contributed by atoms with E-state index in [1.165, 1.54) is 6.33 Å². The second-order valence-corrected chi connectivity index (χ2v) is 7.34. The molecule has 0 radical (unpaired) electrons. The molecule has 0 spiro atoms. The van der Waals surface area contributed by atoms with Gasteiger partial charge in [0, 0.05) is 22.5 Å². The Morgan fingerprint density at radius 1 is 1.06 bits per heavy atom. The van der Waals surface area contributed by atoms with E-state index in [4.69, 9.17) is 0 Å². The monoisotopic (exact) mass is 411 g/mol. The van der Waals surface area contributed by atoms with Gasteiger partial charge >= 0.3 is 0 Å². The molecule has 4 rings (SSSR count). The molecule has 2 aromatic carbocycles. The van der Waals surface area contributed by atoms with Crippen LogP contribution in [0.1, 0.15) is 23.6 Å². The van der Waals surface area contributed by atoms with Gasteiger partial charge in [-0.15, -0.1) is 0 Å². The highest BCUT2D eigenvalue weighted by atomic mass is 16.3. The highest BCUT2D eigenvalue weighted by Crippen LogP contribution is 2.41. The van der Waals surface area contributed by atoms with Crippen LogP contribution in [0, 0.1) is 6.92 Å². The molecule has 31 heavy (non-hydrogen) atoms. The maximum atomic E-state index is 10.5. The van der Waals surface area contributed by atoms with Gasteiger partial charge in [-0.05, 0) is 49.9 Å². The van der Waals surface area contributed by atoms with Gasteiger partial charge in [-0.1, -0.05) is 43.5 Å². The number of rotatable bonds is 6. The van der Waals surface area contributed by atoms with Crippen molar-refractivity contribution in [3.05, 3.63) is 96.6 Å². The topological polar surface area (TPSA) is 73.3 Å². The Kier molecular flexibility index (Phi) is 5.45. The Morgan fingerprint density at radius 2 is 1.81 bits per heavy atom. The third-order valence-electron chi connectivity index (χ3n) is 5.33. The summed E-state index contributed by atoms with van der Waals surface area (Å²) >= 11 is 0. The molecule has 0 aliphatic carbocycles. The molecule has 156 valence electrons. The predicted octanol–water partition coefficient (Wildman–Crippen LogP) is 5.38. The number of nitrogens with one attached hydrogen (secondary N) is 2. The molecule has 0 saturated carbocycles. The van der Waals surface area contributed by atoms with E-state index in [9.17, 15) is 5.11 Å². The van der Waals surface area contributed by atoms with Crippen molar-refractivity contribution in [2.45, 2.75) is 19.9 Å². The Hall–Kier alpha value is -4.06. The first kappa shape index (κ1) is 20.2. The zero-order valence-electron chi connectivity index (χ0n) is 17.6. The fraction of sp³-hybridized carbons (Fsp3) is 0.120. The SMILES string of the molecule is C=CNc1ncnc(N[C@@H](C)C2=Cc3cccc(O)c3C(=C)N2c2ccccc2)c1C. The molecule has 0 saturated heterocycles. The standard InChI is InChI=1S/C25H25N5O/c1-5-26-24-16(2)25(28-15-27-24)29-17(3)21-14-19-10-9-13-22(31)23(19)18(4)30(21)20-11-7-6-8-12-20/h5-15,17,31H,1,4H2,2-3H3,(H2,26,27,28,29)/t17-/m0/s1. The van der Waals surface area contributed by atoms with Crippen LogP contribution in [0.15, 0.2) is 79.9 Å². The average molecular weight is 412 g/mol. The lowest BCUT2D eigenvalue weighted by Crippen LogP contribution is -2.34. The molecule has 1 aromatic heterocycles. The number of nitrogens with zero attached hydrogens (tertiary/aromatic N) is 3. The first-order chi connectivity index (χ1) is 15.0. The van der Waals surface area contributed by atoms with E-state index in [1.807, 2.05) is 49.4 Å². The summed E-state index contributed by atoms with van der Waals surface area (Å²) in [5, 5.41) is 17.0. The van der Waals surface area contributed by atoms with Crippen molar-refractivity contribution in [3.8, 4) is 5.75 Å². The normalized spacial score (nSPS) is 13.8. The molecular formula is C25H25N5O. The number of hydrogen-bond donors (Lipinski definition) is 3. The lowest BCUT2D eigenvalue weighted by Gasteiger charge is -2.37. The third kappa shape index (κ3) is 3.75. The van der Waals surface area contributed by atoms with Crippen LogP contribution in [-0.2, 0) is 0 Å². The summed E-state index contributed by atoms with van der Waals surface area (Å²) in [5.41, 5.74) is 5.24. The minimum absolute atomic E-state index is 0.113. The van der Waals surface area contributed by atoms with Crippen LogP contribution in [0.4, 0.5) is 17.3 Å². The van der Waals surface area contributed by atoms with Crippen LogP contribution in [-0.4, -0.2) is 21.1 Å². The second kappa shape index (κ2) is 8.36. The van der Waals surface area contributed by atoms with Gasteiger partial charge in [0.25, 0.3) is 0 Å². The van der Waals surface area contributed by atoms with E-state index in [2.05, 4.69) is 51.7 Å². The van der Waals surface area contributed by atoms with Crippen LogP contribution in [0.3, 0.4) is 0 Å². The molecular weight excluding hydrogens is 386 g/mol. The molecule has 2 heterocycles. The largest absolute Gasteiger partial charge is 0.507 e. The van der Waals surface area contributed by atoms with Gasteiger partial charge < -0.3 is 20.6 Å². The number of aromatic hydroxyl groups is 1. The number of phenols is 1. The minimum Gasteiger partial charge on any atom is -0.507 e. The van der Waals surface area contributed by atoms with Crippen molar-refractivity contribution in [2.75, 3.05) is 15.5 Å². The van der Waals surface area contributed by atoms with Crippen molar-refractivity contribution in [1.29, 1.82) is 0 Å². The number of benzene rings is 2. The van der Waals surface area contributed by atoms with E-state index in [1.54, 1.807) is 12.3 Å². The summed E-state index contributed by atoms with van der Waals surface area (Å²) in [6, 6.07) is 15.4. The molecule has 0 bridgehead atoms. The highest BCUT2D eigenvalue weighted by molar-refractivity contribution is 5.93. The van der Waals surface area contributed by atoms with Crippen LogP contribution in [0.5, 0.6) is 5.75 Å². The molecule has 6 nitrogen and oxygen atoms in total. The van der Waals surface area contributed by atoms with E-state index >= 15 is 0 Å². The van der Waals surface area contributed by atoms with Crippen molar-refractivity contribution in [2.24, 2.45) is 0 Å². The van der Waals surface area contributed by atoms with Crippen molar-refractivity contribution in [3.63, 3.8) is 0 Å². The Bertz CT molecular complexity index is 1170. The van der Waals surface area contributed by atoms with E-state index in [0.717, 1.165) is 39.6 Å². The number of phenolic OH excluding ortho intramolecular Hbond substituents is 1. The highest BCUT2D eigenvalue weighted by Gasteiger charge is 2.29. The molecule has 1 aliphatic rings. The molecule has 1 aliphatic heterocycles. The lowest BCUT2D eigenvalue weighted by atomic mass is 9.94. The zero-order valence-corrected chi connectivity index (χ0v) is 17.6. The fourth-order valence-corrected chi connectivity index (χ4v) is 3.80. The number of anilines is 3. The molecule has 0 amide bonds. The number of fused-ring (bicyclic) bond motifs is 1. The first-order valence-electron chi connectivity index (χ1n) is 10.0. The first-order valence-corrected chi connectivity index (χ1v) is 10.0. The van der Waals surface area contributed by atoms with Crippen molar-refractivity contribution < 1.29 is 5.11 Å². The van der Waals surface area contributed by atoms with Crippen molar-refractivity contribution in [1.82, 2.24) is 9.97 Å². The Balaban J connectivity index is 1.78. The summed E-state index contributed by atoms with van der Waals surface area (Å²) in [5.74, 6) is 1.65. The van der Waals surface area contributed by atoms with Crippen LogP contribution < -0.4 is 15.5 Å². The molecule has 0 fully saturated rings. The smallest absolute Gasteiger partial charge is 0.138 e. The van der Waals surface area contributed by atoms with E-state index in [0.29, 0.717) is 5.82 Å². The summed E-state index contributed by atoms with van der Waals surface area (Å²) in [6.07, 6.45) is 5.19. The Labute approximate surface area is 182 Å². The van der Waals surface area contributed by atoms with Gasteiger partial charge in [0.05, 0.1) is 11.7 Å². The maximum absolute atomic E-state index is 10.5. The van der Waals surface area contributed by atoms with Gasteiger partial charge in [-0.25, -0.2) is 9.97 Å². The number of hydrogen-bond acceptors (Lipinski definition) is 6. The van der Waals surface area contributed by atoms with Gasteiger partial charge in [-0.3, -0.25) is 0 Å². The summed E-state index contributed by atoms with van der Waals surface area (Å²) in [4.78, 5) is 10.8. The zero-order chi connectivity index (χ0) is 22.0. The molecule has 0 unspecified atom stereocenters. The van der Waals surface area contributed by atoms with E-state index < -0.39 is 0 Å². The van der Waals surface area contributed by atoms with Crippen LogP contribution in [0.25, 0.3) is 11.8 Å². The third-order valence-corrected chi connectivity index (χ3v) is 5.33. The number of aromatic nitrogens is 2. The molecule has 3 N–H and O–H groups in total. The second-order valence-electron chi connectivity index (χ2n) is 7.34. The minimum atomic E-state index is -0.113. The van der Waals surface area contributed by atoms with Crippen LogP contribution in [0.2, 0.25) is 0 Å². The molecule has 1 atom stereocenters. The molecule has 6 heteroatoms. The fourth-order valence-electron chi connectivity index (χ4n) is 3.80. The Morgan fingerprint density at radius 3 is 2.55 bits per heavy atom. The van der Waals surface area contributed by atoms with Gasteiger partial charge in [0.15, 0.2) is 0 Å². The summed E-state index contributed by atoms with van der Waals surface area (Å²) in [7, 11) is 0. The summed E-state index contributed by atoms with van der Waals surface area (Å²) in [6.45, 7) is 12.1. The maximum Gasteiger partial charge on any atom is 0.138 e. The quantitative estimate of drug-likeness (QED) is 0.506. The van der Waals surface area contributed by atoms with Gasteiger partial charge in [-0.2, -0.15) is 0 Å². The predicted molar refractivity (Wildman–Crippen MR) is 128 cm³/mol. The van der Waals surface area contributed by atoms with Crippen molar-refractivity contribution >= 4 is 29.1 Å². The summed E-state index contributed by atoms with van der Waals surface area (Å²) < 4.78 is 0. The van der Waals surface area contributed by atoms with Crippen LogP contribution >= 0.6 is 0 Å². The average Bonchev–Trinajstić information content (AvgIpc) is 2.77. The molecule has 3 aromatic rings. The lowest BCUT2D eigenvalue weighted by molar-refractivity contribution is 0.473. The van der Waals surface area contributed by atoms with E-state index in [-0.39, 0.29) is 11.8 Å².